The molecule has 1 aliphatic rings. The molecule has 1 saturated heterocycles. The van der Waals surface area contributed by atoms with Crippen molar-refractivity contribution in [3.8, 4) is 5.75 Å². The molecule has 2 heterocycles. The Morgan fingerprint density at radius 3 is 2.71 bits per heavy atom. The Kier molecular flexibility index (Phi) is 5.47. The molecule has 11 heteroatoms. The minimum Gasteiger partial charge on any atom is -0.496 e. The van der Waals surface area contributed by atoms with Gasteiger partial charge in [-0.1, -0.05) is 0 Å². The summed E-state index contributed by atoms with van der Waals surface area (Å²) in [5.74, 6) is -1.40. The number of aromatic nitrogens is 2. The predicted molar refractivity (Wildman–Crippen MR) is 101 cm³/mol. The number of nitrogen functional groups attached to an aromatic ring is 1. The molecule has 1 unspecified atom stereocenters. The number of hydrogen-bond acceptors (Lipinski definition) is 8. The van der Waals surface area contributed by atoms with E-state index in [0.717, 1.165) is 28.9 Å². The van der Waals surface area contributed by atoms with Crippen molar-refractivity contribution in [2.24, 2.45) is 0 Å². The van der Waals surface area contributed by atoms with Gasteiger partial charge in [-0.2, -0.15) is 4.98 Å². The number of benzene rings is 1. The first-order valence-electron chi connectivity index (χ1n) is 8.43. The number of hydrogen-bond donors (Lipinski definition) is 2. The highest BCUT2D eigenvalue weighted by molar-refractivity contribution is 7.92. The fourth-order valence-corrected chi connectivity index (χ4v) is 4.20. The van der Waals surface area contributed by atoms with Gasteiger partial charge in [-0.15, -0.1) is 0 Å². The third-order valence-corrected chi connectivity index (χ3v) is 5.55. The molecule has 1 aromatic carbocycles. The highest BCUT2D eigenvalue weighted by atomic mass is 32.2. The summed E-state index contributed by atoms with van der Waals surface area (Å²) in [4.78, 5) is 20.9. The summed E-state index contributed by atoms with van der Waals surface area (Å²) in [5, 5.41) is 3.08. The summed E-state index contributed by atoms with van der Waals surface area (Å²) in [6.07, 6.45) is 2.80. The van der Waals surface area contributed by atoms with Gasteiger partial charge in [0.2, 0.25) is 21.8 Å². The highest BCUT2D eigenvalue weighted by Crippen LogP contribution is 2.26. The summed E-state index contributed by atoms with van der Waals surface area (Å²) >= 11 is 0. The quantitative estimate of drug-likeness (QED) is 0.663. The first-order valence-corrected chi connectivity index (χ1v) is 10.3. The van der Waals surface area contributed by atoms with Crippen LogP contribution >= 0.6 is 0 Å². The lowest BCUT2D eigenvalue weighted by Crippen LogP contribution is -2.42. The van der Waals surface area contributed by atoms with Crippen molar-refractivity contribution in [3.05, 3.63) is 41.3 Å². The van der Waals surface area contributed by atoms with Gasteiger partial charge in [0, 0.05) is 12.7 Å². The fourth-order valence-electron chi connectivity index (χ4n) is 3.09. The molecule has 0 amide bonds. The second-order valence-electron chi connectivity index (χ2n) is 6.35. The number of anilines is 2. The van der Waals surface area contributed by atoms with E-state index in [-0.39, 0.29) is 34.7 Å². The zero-order valence-electron chi connectivity index (χ0n) is 15.3. The molecule has 0 spiro atoms. The van der Waals surface area contributed by atoms with Crippen LogP contribution in [0, 0.1) is 5.82 Å². The molecule has 0 bridgehead atoms. The van der Waals surface area contributed by atoms with Crippen molar-refractivity contribution < 1.29 is 22.3 Å². The largest absolute Gasteiger partial charge is 0.496 e. The molecule has 1 aromatic heterocycles. The van der Waals surface area contributed by atoms with Gasteiger partial charge in [-0.05, 0) is 31.2 Å². The van der Waals surface area contributed by atoms with Crippen LogP contribution in [0.15, 0.2) is 24.4 Å². The van der Waals surface area contributed by atoms with Gasteiger partial charge >= 0.3 is 0 Å². The Balaban J connectivity index is 2.00. The van der Waals surface area contributed by atoms with E-state index in [2.05, 4.69) is 15.3 Å². The van der Waals surface area contributed by atoms with Crippen molar-refractivity contribution in [2.45, 2.75) is 12.5 Å². The monoisotopic (exact) mass is 409 g/mol. The van der Waals surface area contributed by atoms with Crippen molar-refractivity contribution in [1.29, 1.82) is 0 Å². The number of carbonyl (C=O) groups excluding carboxylic acids is 1. The van der Waals surface area contributed by atoms with Gasteiger partial charge in [-0.3, -0.25) is 4.79 Å². The first kappa shape index (κ1) is 20.0. The molecular formula is C17H20FN5O4S. The van der Waals surface area contributed by atoms with Crippen LogP contribution in [0.25, 0.3) is 0 Å². The number of sulfonamides is 1. The molecule has 28 heavy (non-hydrogen) atoms. The zero-order valence-corrected chi connectivity index (χ0v) is 16.2. The van der Waals surface area contributed by atoms with E-state index in [9.17, 15) is 17.6 Å². The highest BCUT2D eigenvalue weighted by Gasteiger charge is 2.32. The summed E-state index contributed by atoms with van der Waals surface area (Å²) in [6, 6.07) is 3.17. The lowest BCUT2D eigenvalue weighted by Gasteiger charge is -2.26. The molecule has 1 aliphatic heterocycles. The van der Waals surface area contributed by atoms with E-state index >= 15 is 0 Å². The molecule has 0 radical (unpaired) electrons. The van der Waals surface area contributed by atoms with Crippen LogP contribution in [-0.2, 0) is 10.0 Å². The van der Waals surface area contributed by atoms with E-state index in [1.54, 1.807) is 0 Å². The van der Waals surface area contributed by atoms with Crippen LogP contribution in [0.1, 0.15) is 22.3 Å². The van der Waals surface area contributed by atoms with Crippen molar-refractivity contribution in [3.63, 3.8) is 0 Å². The Hall–Kier alpha value is -2.79. The van der Waals surface area contributed by atoms with E-state index in [0.29, 0.717) is 19.5 Å². The lowest BCUT2D eigenvalue weighted by molar-refractivity contribution is 0.103. The van der Waals surface area contributed by atoms with Gasteiger partial charge in [0.15, 0.2) is 0 Å². The lowest BCUT2D eigenvalue weighted by atomic mass is 10.0. The minimum atomic E-state index is -3.66. The van der Waals surface area contributed by atoms with Gasteiger partial charge < -0.3 is 15.8 Å². The van der Waals surface area contributed by atoms with Crippen LogP contribution in [0.2, 0.25) is 0 Å². The van der Waals surface area contributed by atoms with Gasteiger partial charge in [0.25, 0.3) is 0 Å². The summed E-state index contributed by atoms with van der Waals surface area (Å²) in [6.45, 7) is 1.12. The maximum Gasteiger partial charge on any atom is 0.241 e. The molecule has 0 aliphatic carbocycles. The Morgan fingerprint density at radius 1 is 1.39 bits per heavy atom. The van der Waals surface area contributed by atoms with Crippen molar-refractivity contribution in [2.75, 3.05) is 36.5 Å². The third-order valence-electron chi connectivity index (χ3n) is 4.38. The van der Waals surface area contributed by atoms with Gasteiger partial charge in [0.05, 0.1) is 30.5 Å². The first-order chi connectivity index (χ1) is 13.2. The minimum absolute atomic E-state index is 0.0366. The molecule has 0 saturated carbocycles. The number of nitrogens with two attached hydrogens (primary N) is 1. The smallest absolute Gasteiger partial charge is 0.241 e. The summed E-state index contributed by atoms with van der Waals surface area (Å²) in [5.41, 5.74) is 5.81. The SMILES string of the molecule is COc1ccc(F)cc1C(=O)c1cnc(N(C2CCNC2)S(C)(=O)=O)nc1N. The second-order valence-corrected chi connectivity index (χ2v) is 8.21. The van der Waals surface area contributed by atoms with Crippen molar-refractivity contribution >= 4 is 27.6 Å². The molecule has 1 atom stereocenters. The molecule has 150 valence electrons. The third kappa shape index (κ3) is 3.90. The number of ether oxygens (including phenoxy) is 1. The second kappa shape index (κ2) is 7.68. The standard InChI is InChI=1S/C17H20FN5O4S/c1-27-14-4-3-10(18)7-12(14)15(24)13-9-21-17(22-16(13)19)23(28(2,25)26)11-5-6-20-8-11/h3-4,7,9,11,20H,5-6,8H2,1-2H3,(H2,19,21,22). The fraction of sp³-hybridized carbons (Fsp3) is 0.353. The van der Waals surface area contributed by atoms with Crippen LogP contribution < -0.4 is 20.1 Å². The Labute approximate surface area is 161 Å². The van der Waals surface area contributed by atoms with Crippen molar-refractivity contribution in [1.82, 2.24) is 15.3 Å². The number of nitrogens with zero attached hydrogens (tertiary/aromatic N) is 3. The van der Waals surface area contributed by atoms with Gasteiger partial charge in [0.1, 0.15) is 17.4 Å². The number of halogens is 1. The summed E-state index contributed by atoms with van der Waals surface area (Å²) < 4.78 is 44.3. The molecule has 3 rings (SSSR count). The van der Waals surface area contributed by atoms with Crippen LogP contribution in [0.5, 0.6) is 5.75 Å². The van der Waals surface area contributed by atoms with E-state index < -0.39 is 21.6 Å². The Morgan fingerprint density at radius 2 is 2.14 bits per heavy atom. The summed E-state index contributed by atoms with van der Waals surface area (Å²) in [7, 11) is -2.31. The predicted octanol–water partition coefficient (Wildman–Crippen LogP) is 0.565. The Bertz CT molecular complexity index is 1010. The molecule has 3 N–H and O–H groups in total. The number of rotatable bonds is 6. The molecular weight excluding hydrogens is 389 g/mol. The number of methoxy groups -OCH3 is 1. The number of ketones is 1. The number of nitrogens with one attached hydrogen (secondary N) is 1. The average molecular weight is 409 g/mol. The van der Waals surface area contributed by atoms with Crippen LogP contribution in [0.3, 0.4) is 0 Å². The van der Waals surface area contributed by atoms with Crippen LogP contribution in [-0.4, -0.2) is 56.7 Å². The molecule has 2 aromatic rings. The van der Waals surface area contributed by atoms with E-state index in [1.807, 2.05) is 0 Å². The van der Waals surface area contributed by atoms with Gasteiger partial charge in [-0.25, -0.2) is 22.1 Å². The molecule has 9 nitrogen and oxygen atoms in total. The normalized spacial score (nSPS) is 16.8. The number of carbonyl (C=O) groups is 1. The maximum atomic E-state index is 13.6. The zero-order chi connectivity index (χ0) is 20.5. The van der Waals surface area contributed by atoms with E-state index in [4.69, 9.17) is 10.5 Å². The van der Waals surface area contributed by atoms with Crippen LogP contribution in [0.4, 0.5) is 16.2 Å². The topological polar surface area (TPSA) is 128 Å². The maximum absolute atomic E-state index is 13.6. The molecule has 1 fully saturated rings. The average Bonchev–Trinajstić information content (AvgIpc) is 3.14. The van der Waals surface area contributed by atoms with E-state index in [1.165, 1.54) is 13.2 Å².